The lowest BCUT2D eigenvalue weighted by Crippen LogP contribution is -2.25. The van der Waals surface area contributed by atoms with Gasteiger partial charge in [0.2, 0.25) is 5.91 Å². The molecule has 0 spiro atoms. The maximum absolute atomic E-state index is 12.0. The van der Waals surface area contributed by atoms with Crippen LogP contribution >= 0.6 is 0 Å². The van der Waals surface area contributed by atoms with Crippen molar-refractivity contribution in [2.45, 2.75) is 6.42 Å². The number of nitrogens with zero attached hydrogens (tertiary/aromatic N) is 1. The van der Waals surface area contributed by atoms with Crippen molar-refractivity contribution in [3.63, 3.8) is 0 Å². The Balaban J connectivity index is 1.93. The Labute approximate surface area is 114 Å². The van der Waals surface area contributed by atoms with Gasteiger partial charge in [0.05, 0.1) is 0 Å². The van der Waals surface area contributed by atoms with E-state index in [1.807, 2.05) is 72.8 Å². The van der Waals surface area contributed by atoms with Crippen molar-refractivity contribution < 1.29 is 4.79 Å². The minimum atomic E-state index is 0.0818. The van der Waals surface area contributed by atoms with Crippen LogP contribution in [-0.2, 0) is 4.79 Å². The summed E-state index contributed by atoms with van der Waals surface area (Å²) in [5.41, 5.74) is 2.03. The highest BCUT2D eigenvalue weighted by Crippen LogP contribution is 2.12. The molecule has 0 saturated carbocycles. The van der Waals surface area contributed by atoms with Gasteiger partial charge in [-0.05, 0) is 17.7 Å². The second-order valence-corrected chi connectivity index (χ2v) is 4.31. The molecule has 2 heteroatoms. The van der Waals surface area contributed by atoms with Gasteiger partial charge in [0.1, 0.15) is 0 Å². The summed E-state index contributed by atoms with van der Waals surface area (Å²) in [5, 5.41) is 0. The van der Waals surface area contributed by atoms with E-state index in [1.54, 1.807) is 11.9 Å². The summed E-state index contributed by atoms with van der Waals surface area (Å²) in [7, 11) is 1.80. The molecule has 2 aromatic carbocycles. The second-order valence-electron chi connectivity index (χ2n) is 4.31. The molecule has 0 heterocycles. The lowest BCUT2D eigenvalue weighted by molar-refractivity contribution is -0.117. The smallest absolute Gasteiger partial charge is 0.230 e. The van der Waals surface area contributed by atoms with E-state index in [-0.39, 0.29) is 5.91 Å². The van der Waals surface area contributed by atoms with Crippen LogP contribution in [0.4, 0.5) is 5.69 Å². The van der Waals surface area contributed by atoms with Gasteiger partial charge in [-0.2, -0.15) is 0 Å². The Bertz CT molecular complexity index is 546. The average molecular weight is 251 g/mol. The van der Waals surface area contributed by atoms with E-state index in [2.05, 4.69) is 0 Å². The lowest BCUT2D eigenvalue weighted by Gasteiger charge is -2.16. The highest BCUT2D eigenvalue weighted by molar-refractivity contribution is 5.94. The standard InChI is InChI=1S/C17H17NO/c1-18(16-12-6-3-7-13-16)17(19)14-8-11-15-9-4-2-5-10-15/h2-13H,14H2,1H3/b11-8+. The first-order chi connectivity index (χ1) is 9.27. The Kier molecular flexibility index (Phi) is 4.51. The molecule has 0 aliphatic heterocycles. The number of benzene rings is 2. The van der Waals surface area contributed by atoms with Crippen LogP contribution in [0.2, 0.25) is 0 Å². The zero-order valence-electron chi connectivity index (χ0n) is 11.0. The van der Waals surface area contributed by atoms with E-state index < -0.39 is 0 Å². The highest BCUT2D eigenvalue weighted by atomic mass is 16.2. The average Bonchev–Trinajstić information content (AvgIpc) is 2.48. The van der Waals surface area contributed by atoms with Crippen LogP contribution in [0.25, 0.3) is 6.08 Å². The fourth-order valence-corrected chi connectivity index (χ4v) is 1.79. The first-order valence-corrected chi connectivity index (χ1v) is 6.30. The normalized spacial score (nSPS) is 10.6. The third-order valence-electron chi connectivity index (χ3n) is 2.92. The molecular weight excluding hydrogens is 234 g/mol. The molecule has 0 aliphatic rings. The van der Waals surface area contributed by atoms with E-state index in [9.17, 15) is 4.79 Å². The number of para-hydroxylation sites is 1. The van der Waals surface area contributed by atoms with Crippen LogP contribution in [0.3, 0.4) is 0 Å². The van der Waals surface area contributed by atoms with Crippen LogP contribution in [0.5, 0.6) is 0 Å². The van der Waals surface area contributed by atoms with Crippen LogP contribution in [0.1, 0.15) is 12.0 Å². The predicted octanol–water partition coefficient (Wildman–Crippen LogP) is 3.75. The van der Waals surface area contributed by atoms with E-state index in [4.69, 9.17) is 0 Å². The molecule has 0 bridgehead atoms. The number of carbonyl (C=O) groups excluding carboxylic acids is 1. The molecule has 0 saturated heterocycles. The zero-order chi connectivity index (χ0) is 13.5. The van der Waals surface area contributed by atoms with Crippen molar-refractivity contribution in [2.75, 3.05) is 11.9 Å². The van der Waals surface area contributed by atoms with Crippen molar-refractivity contribution in [2.24, 2.45) is 0 Å². The summed E-state index contributed by atoms with van der Waals surface area (Å²) in [6.45, 7) is 0. The van der Waals surface area contributed by atoms with Gasteiger partial charge < -0.3 is 4.90 Å². The Morgan fingerprint density at radius 2 is 1.58 bits per heavy atom. The van der Waals surface area contributed by atoms with Gasteiger partial charge in [-0.25, -0.2) is 0 Å². The van der Waals surface area contributed by atoms with Crippen LogP contribution in [0, 0.1) is 0 Å². The van der Waals surface area contributed by atoms with E-state index in [0.29, 0.717) is 6.42 Å². The maximum atomic E-state index is 12.0. The van der Waals surface area contributed by atoms with Crippen molar-refractivity contribution in [1.82, 2.24) is 0 Å². The van der Waals surface area contributed by atoms with Gasteiger partial charge in [-0.1, -0.05) is 60.7 Å². The minimum Gasteiger partial charge on any atom is -0.315 e. The Hall–Kier alpha value is -2.35. The number of hydrogen-bond donors (Lipinski definition) is 0. The van der Waals surface area contributed by atoms with E-state index >= 15 is 0 Å². The van der Waals surface area contributed by atoms with E-state index in [0.717, 1.165) is 11.3 Å². The zero-order valence-corrected chi connectivity index (χ0v) is 11.0. The molecule has 2 rings (SSSR count). The highest BCUT2D eigenvalue weighted by Gasteiger charge is 2.07. The number of hydrogen-bond acceptors (Lipinski definition) is 1. The molecule has 1 amide bonds. The molecule has 0 aliphatic carbocycles. The molecule has 0 atom stereocenters. The fraction of sp³-hybridized carbons (Fsp3) is 0.118. The molecular formula is C17H17NO. The first-order valence-electron chi connectivity index (χ1n) is 6.30. The maximum Gasteiger partial charge on any atom is 0.230 e. The SMILES string of the molecule is CN(C(=O)C/C=C/c1ccccc1)c1ccccc1. The molecule has 0 fully saturated rings. The summed E-state index contributed by atoms with van der Waals surface area (Å²) in [6.07, 6.45) is 4.27. The van der Waals surface area contributed by atoms with Gasteiger partial charge >= 0.3 is 0 Å². The van der Waals surface area contributed by atoms with Gasteiger partial charge in [-0.3, -0.25) is 4.79 Å². The summed E-state index contributed by atoms with van der Waals surface area (Å²) < 4.78 is 0. The van der Waals surface area contributed by atoms with Gasteiger partial charge in [0.15, 0.2) is 0 Å². The minimum absolute atomic E-state index is 0.0818. The molecule has 2 nitrogen and oxygen atoms in total. The molecule has 2 aromatic rings. The number of rotatable bonds is 4. The van der Waals surface area contributed by atoms with Gasteiger partial charge in [0, 0.05) is 19.2 Å². The number of amides is 1. The number of anilines is 1. The largest absolute Gasteiger partial charge is 0.315 e. The number of carbonyl (C=O) groups is 1. The molecule has 96 valence electrons. The van der Waals surface area contributed by atoms with Crippen molar-refractivity contribution in [3.8, 4) is 0 Å². The third kappa shape index (κ3) is 3.81. The Morgan fingerprint density at radius 3 is 2.21 bits per heavy atom. The summed E-state index contributed by atoms with van der Waals surface area (Å²) in [6, 6.07) is 19.6. The topological polar surface area (TPSA) is 20.3 Å². The van der Waals surface area contributed by atoms with E-state index in [1.165, 1.54) is 0 Å². The van der Waals surface area contributed by atoms with Crippen molar-refractivity contribution in [3.05, 3.63) is 72.3 Å². The lowest BCUT2D eigenvalue weighted by atomic mass is 10.2. The first kappa shape index (κ1) is 13.1. The summed E-state index contributed by atoms with van der Waals surface area (Å²) >= 11 is 0. The third-order valence-corrected chi connectivity index (χ3v) is 2.92. The molecule has 0 aromatic heterocycles. The quantitative estimate of drug-likeness (QED) is 0.810. The van der Waals surface area contributed by atoms with Crippen LogP contribution in [-0.4, -0.2) is 13.0 Å². The van der Waals surface area contributed by atoms with Crippen molar-refractivity contribution in [1.29, 1.82) is 0 Å². The summed E-state index contributed by atoms with van der Waals surface area (Å²) in [4.78, 5) is 13.7. The summed E-state index contributed by atoms with van der Waals surface area (Å²) in [5.74, 6) is 0.0818. The molecule has 0 N–H and O–H groups in total. The molecule has 0 unspecified atom stereocenters. The second kappa shape index (κ2) is 6.55. The van der Waals surface area contributed by atoms with Crippen LogP contribution < -0.4 is 4.90 Å². The van der Waals surface area contributed by atoms with Crippen LogP contribution in [0.15, 0.2) is 66.7 Å². The van der Waals surface area contributed by atoms with Gasteiger partial charge in [-0.15, -0.1) is 0 Å². The monoisotopic (exact) mass is 251 g/mol. The predicted molar refractivity (Wildman–Crippen MR) is 79.9 cm³/mol. The Morgan fingerprint density at radius 1 is 1.00 bits per heavy atom. The van der Waals surface area contributed by atoms with Crippen molar-refractivity contribution >= 4 is 17.7 Å². The fourth-order valence-electron chi connectivity index (χ4n) is 1.79. The molecule has 19 heavy (non-hydrogen) atoms. The molecule has 0 radical (unpaired) electrons. The van der Waals surface area contributed by atoms with Gasteiger partial charge in [0.25, 0.3) is 0 Å².